The third-order valence-electron chi connectivity index (χ3n) is 2.44. The van der Waals surface area contributed by atoms with Crippen molar-refractivity contribution in [3.05, 3.63) is 29.8 Å². The van der Waals surface area contributed by atoms with Crippen molar-refractivity contribution in [1.82, 2.24) is 0 Å². The summed E-state index contributed by atoms with van der Waals surface area (Å²) in [5, 5.41) is 0.817. The topological polar surface area (TPSA) is 18.5 Å². The summed E-state index contributed by atoms with van der Waals surface area (Å²) in [7, 11) is 0. The molecular formula is C14H21BrO2. The maximum atomic E-state index is 5.68. The summed E-state index contributed by atoms with van der Waals surface area (Å²) in [6, 6.07) is 8.05. The SMILES string of the molecule is CC(C)CCOCCOc1ccccc1CBr. The molecule has 1 aromatic carbocycles. The highest BCUT2D eigenvalue weighted by Gasteiger charge is 2.00. The van der Waals surface area contributed by atoms with E-state index in [0.717, 1.165) is 24.1 Å². The van der Waals surface area contributed by atoms with Crippen molar-refractivity contribution in [2.45, 2.75) is 25.6 Å². The van der Waals surface area contributed by atoms with Crippen LogP contribution in [0.15, 0.2) is 24.3 Å². The van der Waals surface area contributed by atoms with E-state index in [2.05, 4.69) is 35.8 Å². The normalized spacial score (nSPS) is 10.8. The Kier molecular flexibility index (Phi) is 7.29. The Morgan fingerprint density at radius 1 is 1.12 bits per heavy atom. The Hall–Kier alpha value is -0.540. The van der Waals surface area contributed by atoms with Crippen LogP contribution in [0.3, 0.4) is 0 Å². The second-order valence-corrected chi connectivity index (χ2v) is 4.95. The minimum atomic E-state index is 0.613. The molecule has 0 aliphatic heterocycles. The molecule has 17 heavy (non-hydrogen) atoms. The summed E-state index contributed by atoms with van der Waals surface area (Å²) >= 11 is 3.45. The third-order valence-corrected chi connectivity index (χ3v) is 3.05. The van der Waals surface area contributed by atoms with Crippen molar-refractivity contribution in [3.8, 4) is 5.75 Å². The molecule has 3 heteroatoms. The molecule has 96 valence electrons. The van der Waals surface area contributed by atoms with Crippen LogP contribution in [-0.4, -0.2) is 19.8 Å². The Morgan fingerprint density at radius 3 is 2.59 bits per heavy atom. The number of alkyl halides is 1. The lowest BCUT2D eigenvalue weighted by Crippen LogP contribution is -2.09. The van der Waals surface area contributed by atoms with Crippen LogP contribution in [0.1, 0.15) is 25.8 Å². The summed E-state index contributed by atoms with van der Waals surface area (Å²) in [6.07, 6.45) is 1.11. The van der Waals surface area contributed by atoms with E-state index in [1.54, 1.807) is 0 Å². The zero-order valence-electron chi connectivity index (χ0n) is 10.6. The Balaban J connectivity index is 2.17. The molecular weight excluding hydrogens is 280 g/mol. The third kappa shape index (κ3) is 6.08. The van der Waals surface area contributed by atoms with E-state index in [0.29, 0.717) is 19.1 Å². The standard InChI is InChI=1S/C14H21BrO2/c1-12(2)7-8-16-9-10-17-14-6-4-3-5-13(14)11-15/h3-6,12H,7-11H2,1-2H3. The van der Waals surface area contributed by atoms with Gasteiger partial charge in [-0.1, -0.05) is 48.0 Å². The molecule has 1 rings (SSSR count). The first kappa shape index (κ1) is 14.5. The Morgan fingerprint density at radius 2 is 1.88 bits per heavy atom. The van der Waals surface area contributed by atoms with Gasteiger partial charge in [-0.15, -0.1) is 0 Å². The van der Waals surface area contributed by atoms with Gasteiger partial charge < -0.3 is 9.47 Å². The zero-order valence-corrected chi connectivity index (χ0v) is 12.2. The van der Waals surface area contributed by atoms with Gasteiger partial charge in [0, 0.05) is 17.5 Å². The van der Waals surface area contributed by atoms with Crippen LogP contribution in [0.4, 0.5) is 0 Å². The number of benzene rings is 1. The molecule has 0 aliphatic carbocycles. The first-order valence-electron chi connectivity index (χ1n) is 6.08. The van der Waals surface area contributed by atoms with E-state index >= 15 is 0 Å². The van der Waals surface area contributed by atoms with Crippen molar-refractivity contribution < 1.29 is 9.47 Å². The predicted octanol–water partition coefficient (Wildman–Crippen LogP) is 4.02. The molecule has 0 radical (unpaired) electrons. The average molecular weight is 301 g/mol. The summed E-state index contributed by atoms with van der Waals surface area (Å²) in [6.45, 7) is 6.49. The fourth-order valence-corrected chi connectivity index (χ4v) is 1.85. The molecule has 0 aromatic heterocycles. The molecule has 1 aromatic rings. The molecule has 2 nitrogen and oxygen atoms in total. The van der Waals surface area contributed by atoms with E-state index in [4.69, 9.17) is 9.47 Å². The molecule has 0 fully saturated rings. The number of hydrogen-bond acceptors (Lipinski definition) is 2. The molecule has 0 aliphatic rings. The van der Waals surface area contributed by atoms with Gasteiger partial charge in [0.05, 0.1) is 6.61 Å². The van der Waals surface area contributed by atoms with Gasteiger partial charge in [0.25, 0.3) is 0 Å². The molecule has 0 unspecified atom stereocenters. The Bertz CT molecular complexity index is 313. The minimum Gasteiger partial charge on any atom is -0.491 e. The van der Waals surface area contributed by atoms with Crippen molar-refractivity contribution in [2.24, 2.45) is 5.92 Å². The molecule has 0 N–H and O–H groups in total. The molecule has 0 heterocycles. The molecule has 0 amide bonds. The van der Waals surface area contributed by atoms with Gasteiger partial charge in [0.2, 0.25) is 0 Å². The van der Waals surface area contributed by atoms with Crippen molar-refractivity contribution in [3.63, 3.8) is 0 Å². The maximum Gasteiger partial charge on any atom is 0.123 e. The van der Waals surface area contributed by atoms with Gasteiger partial charge >= 0.3 is 0 Å². The highest BCUT2D eigenvalue weighted by Crippen LogP contribution is 2.20. The number of halogens is 1. The number of hydrogen-bond donors (Lipinski definition) is 0. The van der Waals surface area contributed by atoms with Crippen molar-refractivity contribution >= 4 is 15.9 Å². The largest absolute Gasteiger partial charge is 0.491 e. The summed E-state index contributed by atoms with van der Waals surface area (Å²) in [4.78, 5) is 0. The lowest BCUT2D eigenvalue weighted by molar-refractivity contribution is 0.0923. The van der Waals surface area contributed by atoms with Gasteiger partial charge in [0.1, 0.15) is 12.4 Å². The van der Waals surface area contributed by atoms with Crippen LogP contribution in [0, 0.1) is 5.92 Å². The van der Waals surface area contributed by atoms with Crippen LogP contribution < -0.4 is 4.74 Å². The first-order chi connectivity index (χ1) is 8.24. The number of rotatable bonds is 8. The van der Waals surface area contributed by atoms with Gasteiger partial charge in [0.15, 0.2) is 0 Å². The van der Waals surface area contributed by atoms with Crippen molar-refractivity contribution in [1.29, 1.82) is 0 Å². The fraction of sp³-hybridized carbons (Fsp3) is 0.571. The number of para-hydroxylation sites is 1. The van der Waals surface area contributed by atoms with Crippen LogP contribution in [0.25, 0.3) is 0 Å². The molecule has 0 saturated heterocycles. The second kappa shape index (κ2) is 8.54. The van der Waals surface area contributed by atoms with E-state index in [1.807, 2.05) is 18.2 Å². The first-order valence-corrected chi connectivity index (χ1v) is 7.20. The van der Waals surface area contributed by atoms with Crippen LogP contribution in [0.2, 0.25) is 0 Å². The lowest BCUT2D eigenvalue weighted by Gasteiger charge is -2.10. The van der Waals surface area contributed by atoms with Gasteiger partial charge in [-0.25, -0.2) is 0 Å². The van der Waals surface area contributed by atoms with E-state index in [9.17, 15) is 0 Å². The smallest absolute Gasteiger partial charge is 0.123 e. The lowest BCUT2D eigenvalue weighted by atomic mass is 10.1. The average Bonchev–Trinajstić information content (AvgIpc) is 2.33. The van der Waals surface area contributed by atoms with Crippen LogP contribution in [0.5, 0.6) is 5.75 Å². The molecule has 0 saturated carbocycles. The highest BCUT2D eigenvalue weighted by molar-refractivity contribution is 9.08. The molecule has 0 bridgehead atoms. The predicted molar refractivity (Wildman–Crippen MR) is 74.8 cm³/mol. The van der Waals surface area contributed by atoms with Gasteiger partial charge in [-0.3, -0.25) is 0 Å². The quantitative estimate of drug-likeness (QED) is 0.533. The highest BCUT2D eigenvalue weighted by atomic mass is 79.9. The fourth-order valence-electron chi connectivity index (χ4n) is 1.39. The van der Waals surface area contributed by atoms with Gasteiger partial charge in [-0.05, 0) is 18.4 Å². The van der Waals surface area contributed by atoms with Gasteiger partial charge in [-0.2, -0.15) is 0 Å². The van der Waals surface area contributed by atoms with Crippen molar-refractivity contribution in [2.75, 3.05) is 19.8 Å². The van der Waals surface area contributed by atoms with Crippen LogP contribution >= 0.6 is 15.9 Å². The Labute approximate surface area is 112 Å². The minimum absolute atomic E-state index is 0.613. The van der Waals surface area contributed by atoms with E-state index < -0.39 is 0 Å². The zero-order chi connectivity index (χ0) is 12.5. The molecule has 0 atom stereocenters. The van der Waals surface area contributed by atoms with E-state index in [1.165, 1.54) is 5.56 Å². The second-order valence-electron chi connectivity index (χ2n) is 4.38. The summed E-state index contributed by atoms with van der Waals surface area (Å²) in [5.41, 5.74) is 1.18. The van der Waals surface area contributed by atoms with E-state index in [-0.39, 0.29) is 0 Å². The summed E-state index contributed by atoms with van der Waals surface area (Å²) < 4.78 is 11.2. The number of ether oxygens (including phenoxy) is 2. The maximum absolute atomic E-state index is 5.68. The molecule has 0 spiro atoms. The summed E-state index contributed by atoms with van der Waals surface area (Å²) in [5.74, 6) is 1.64. The monoisotopic (exact) mass is 300 g/mol. The van der Waals surface area contributed by atoms with Crippen LogP contribution in [-0.2, 0) is 10.1 Å².